The molecule has 1 aliphatic heterocycles. The van der Waals surface area contributed by atoms with E-state index in [0.717, 1.165) is 11.1 Å². The molecule has 0 amide bonds. The third-order valence-electron chi connectivity index (χ3n) is 4.04. The lowest BCUT2D eigenvalue weighted by atomic mass is 10.1. The van der Waals surface area contributed by atoms with Gasteiger partial charge in [0.05, 0.1) is 6.26 Å². The molecular formula is C22H17NO4. The number of aryl methyl sites for hydroxylation is 1. The summed E-state index contributed by atoms with van der Waals surface area (Å²) in [6.45, 7) is 2.48. The van der Waals surface area contributed by atoms with E-state index in [1.165, 1.54) is 11.8 Å². The number of aliphatic imine (C=N–C) groups is 1. The summed E-state index contributed by atoms with van der Waals surface area (Å²) < 4.78 is 16.4. The second-order valence-electron chi connectivity index (χ2n) is 6.13. The van der Waals surface area contributed by atoms with Crippen LogP contribution in [0.25, 0.3) is 6.08 Å². The lowest BCUT2D eigenvalue weighted by Gasteiger charge is -2.09. The number of para-hydroxylation sites is 1. The van der Waals surface area contributed by atoms with Crippen molar-refractivity contribution in [2.45, 2.75) is 13.5 Å². The average molecular weight is 359 g/mol. The summed E-state index contributed by atoms with van der Waals surface area (Å²) in [4.78, 5) is 16.4. The van der Waals surface area contributed by atoms with Crippen LogP contribution >= 0.6 is 0 Å². The van der Waals surface area contributed by atoms with E-state index < -0.39 is 5.97 Å². The number of esters is 1. The van der Waals surface area contributed by atoms with Crippen LogP contribution in [-0.2, 0) is 16.1 Å². The maximum atomic E-state index is 12.1. The highest BCUT2D eigenvalue weighted by molar-refractivity contribution is 6.11. The van der Waals surface area contributed by atoms with Gasteiger partial charge in [0.1, 0.15) is 12.4 Å². The van der Waals surface area contributed by atoms with Crippen LogP contribution in [0, 0.1) is 6.92 Å². The molecule has 27 heavy (non-hydrogen) atoms. The van der Waals surface area contributed by atoms with Crippen LogP contribution in [0.5, 0.6) is 5.75 Å². The van der Waals surface area contributed by atoms with Crippen LogP contribution in [0.2, 0.25) is 0 Å². The predicted octanol–water partition coefficient (Wildman–Crippen LogP) is 4.51. The third kappa shape index (κ3) is 3.82. The molecule has 134 valence electrons. The van der Waals surface area contributed by atoms with Crippen LogP contribution in [-0.4, -0.2) is 11.9 Å². The Bertz CT molecular complexity index is 1030. The number of cyclic esters (lactones) is 1. The highest BCUT2D eigenvalue weighted by Gasteiger charge is 2.26. The normalized spacial score (nSPS) is 14.9. The molecule has 3 aromatic rings. The second-order valence-corrected chi connectivity index (χ2v) is 6.13. The molecule has 0 saturated heterocycles. The zero-order chi connectivity index (χ0) is 18.6. The maximum absolute atomic E-state index is 12.1. The number of rotatable bonds is 5. The summed E-state index contributed by atoms with van der Waals surface area (Å²) in [5.41, 5.74) is 3.21. The van der Waals surface area contributed by atoms with Crippen molar-refractivity contribution in [3.63, 3.8) is 0 Å². The molecule has 5 heteroatoms. The topological polar surface area (TPSA) is 61.0 Å². The van der Waals surface area contributed by atoms with Gasteiger partial charge in [0.2, 0.25) is 0 Å². The Morgan fingerprint density at radius 2 is 1.96 bits per heavy atom. The Labute approximate surface area is 156 Å². The minimum atomic E-state index is -0.519. The van der Waals surface area contributed by atoms with Crippen molar-refractivity contribution >= 4 is 17.9 Å². The first kappa shape index (κ1) is 16.8. The number of nitrogens with zero attached hydrogens (tertiary/aromatic N) is 1. The van der Waals surface area contributed by atoms with Gasteiger partial charge in [-0.05, 0) is 36.8 Å². The van der Waals surface area contributed by atoms with Gasteiger partial charge < -0.3 is 13.9 Å². The van der Waals surface area contributed by atoms with E-state index in [0.29, 0.717) is 18.1 Å². The molecule has 0 radical (unpaired) electrons. The van der Waals surface area contributed by atoms with Gasteiger partial charge in [0, 0.05) is 5.56 Å². The van der Waals surface area contributed by atoms with Gasteiger partial charge in [-0.25, -0.2) is 9.79 Å². The Morgan fingerprint density at radius 3 is 2.78 bits per heavy atom. The minimum Gasteiger partial charge on any atom is -0.488 e. The molecule has 1 aromatic heterocycles. The van der Waals surface area contributed by atoms with Gasteiger partial charge in [0.25, 0.3) is 5.90 Å². The number of hydrogen-bond acceptors (Lipinski definition) is 5. The van der Waals surface area contributed by atoms with Gasteiger partial charge in [-0.15, -0.1) is 0 Å². The standard InChI is InChI=1S/C22H17NO4/c1-15-6-4-7-16(12-15)14-26-19-9-3-2-8-17(19)13-18-22(24)27-21(23-18)20-10-5-11-25-20/h2-13H,14H2,1H3/b18-13-. The summed E-state index contributed by atoms with van der Waals surface area (Å²) in [5, 5.41) is 0. The summed E-state index contributed by atoms with van der Waals surface area (Å²) in [5.74, 6) is 0.723. The summed E-state index contributed by atoms with van der Waals surface area (Å²) in [6.07, 6.45) is 3.16. The molecule has 0 unspecified atom stereocenters. The Kier molecular flexibility index (Phi) is 4.58. The van der Waals surface area contributed by atoms with Crippen molar-refractivity contribution in [1.29, 1.82) is 0 Å². The third-order valence-corrected chi connectivity index (χ3v) is 4.04. The van der Waals surface area contributed by atoms with Gasteiger partial charge in [-0.3, -0.25) is 0 Å². The molecule has 0 N–H and O–H groups in total. The van der Waals surface area contributed by atoms with Crippen LogP contribution in [0.1, 0.15) is 22.5 Å². The largest absolute Gasteiger partial charge is 0.488 e. The number of benzene rings is 2. The molecule has 5 nitrogen and oxygen atoms in total. The molecule has 2 heterocycles. The van der Waals surface area contributed by atoms with Gasteiger partial charge in [0.15, 0.2) is 11.5 Å². The summed E-state index contributed by atoms with van der Waals surface area (Å²) in [7, 11) is 0. The van der Waals surface area contributed by atoms with E-state index in [-0.39, 0.29) is 11.6 Å². The van der Waals surface area contributed by atoms with Crippen LogP contribution in [0.4, 0.5) is 0 Å². The molecule has 0 fully saturated rings. The fraction of sp³-hybridized carbons (Fsp3) is 0.0909. The lowest BCUT2D eigenvalue weighted by molar-refractivity contribution is -0.130. The summed E-state index contributed by atoms with van der Waals surface area (Å²) in [6, 6.07) is 19.0. The SMILES string of the molecule is Cc1cccc(COc2ccccc2/C=C2\N=C(c3ccco3)OC2=O)c1. The molecule has 4 rings (SSSR count). The first-order valence-electron chi connectivity index (χ1n) is 8.53. The molecule has 2 aromatic carbocycles. The zero-order valence-electron chi connectivity index (χ0n) is 14.7. The predicted molar refractivity (Wildman–Crippen MR) is 101 cm³/mol. The molecule has 0 bridgehead atoms. The lowest BCUT2D eigenvalue weighted by Crippen LogP contribution is -2.04. The second kappa shape index (κ2) is 7.33. The van der Waals surface area contributed by atoms with Gasteiger partial charge in [-0.2, -0.15) is 0 Å². The van der Waals surface area contributed by atoms with Crippen molar-refractivity contribution in [2.75, 3.05) is 0 Å². The van der Waals surface area contributed by atoms with E-state index in [2.05, 4.69) is 11.1 Å². The van der Waals surface area contributed by atoms with Crippen LogP contribution in [0.15, 0.2) is 82.0 Å². The molecule has 0 aliphatic carbocycles. The Hall–Kier alpha value is -3.60. The molecule has 0 atom stereocenters. The van der Waals surface area contributed by atoms with Crippen molar-refractivity contribution in [3.05, 3.63) is 95.1 Å². The van der Waals surface area contributed by atoms with Crippen molar-refractivity contribution in [1.82, 2.24) is 0 Å². The first-order chi connectivity index (χ1) is 13.2. The van der Waals surface area contributed by atoms with Gasteiger partial charge in [-0.1, -0.05) is 48.0 Å². The fourth-order valence-corrected chi connectivity index (χ4v) is 2.76. The Morgan fingerprint density at radius 1 is 1.07 bits per heavy atom. The maximum Gasteiger partial charge on any atom is 0.363 e. The average Bonchev–Trinajstić information content (AvgIpc) is 3.31. The van der Waals surface area contributed by atoms with E-state index in [1.807, 2.05) is 49.4 Å². The minimum absolute atomic E-state index is 0.161. The first-order valence-corrected chi connectivity index (χ1v) is 8.53. The molecule has 0 saturated carbocycles. The van der Waals surface area contributed by atoms with E-state index in [4.69, 9.17) is 13.9 Å². The van der Waals surface area contributed by atoms with Crippen molar-refractivity contribution in [3.8, 4) is 5.75 Å². The van der Waals surface area contributed by atoms with Crippen molar-refractivity contribution in [2.24, 2.45) is 4.99 Å². The molecule has 0 spiro atoms. The highest BCUT2D eigenvalue weighted by atomic mass is 16.6. The number of carbonyl (C=O) groups excluding carboxylic acids is 1. The molecular weight excluding hydrogens is 342 g/mol. The fourth-order valence-electron chi connectivity index (χ4n) is 2.76. The van der Waals surface area contributed by atoms with E-state index >= 15 is 0 Å². The number of carbonyl (C=O) groups is 1. The van der Waals surface area contributed by atoms with Crippen molar-refractivity contribution < 1.29 is 18.7 Å². The van der Waals surface area contributed by atoms with E-state index in [9.17, 15) is 4.79 Å². The quantitative estimate of drug-likeness (QED) is 0.497. The Balaban J connectivity index is 1.57. The number of ether oxygens (including phenoxy) is 2. The van der Waals surface area contributed by atoms with Crippen LogP contribution in [0.3, 0.4) is 0 Å². The number of furan rings is 1. The van der Waals surface area contributed by atoms with Gasteiger partial charge >= 0.3 is 5.97 Å². The van der Waals surface area contributed by atoms with E-state index in [1.54, 1.807) is 18.2 Å². The smallest absolute Gasteiger partial charge is 0.363 e. The highest BCUT2D eigenvalue weighted by Crippen LogP contribution is 2.25. The summed E-state index contributed by atoms with van der Waals surface area (Å²) >= 11 is 0. The monoisotopic (exact) mass is 359 g/mol. The zero-order valence-corrected chi connectivity index (χ0v) is 14.7. The number of hydrogen-bond donors (Lipinski definition) is 0. The molecule has 1 aliphatic rings. The van der Waals surface area contributed by atoms with Crippen LogP contribution < -0.4 is 4.74 Å².